The van der Waals surface area contributed by atoms with E-state index < -0.39 is 27.6 Å². The van der Waals surface area contributed by atoms with Gasteiger partial charge in [-0.1, -0.05) is 18.2 Å². The number of rotatable bonds is 8. The van der Waals surface area contributed by atoms with Gasteiger partial charge in [0.1, 0.15) is 5.65 Å². The van der Waals surface area contributed by atoms with Crippen LogP contribution in [0.25, 0.3) is 17.1 Å². The lowest BCUT2D eigenvalue weighted by atomic mass is 10.0. The van der Waals surface area contributed by atoms with Crippen LogP contribution >= 0.6 is 0 Å². The van der Waals surface area contributed by atoms with Gasteiger partial charge in [-0.15, -0.1) is 10.2 Å². The van der Waals surface area contributed by atoms with Crippen LogP contribution in [0.5, 0.6) is 0 Å². The fourth-order valence-electron chi connectivity index (χ4n) is 5.52. The average molecular weight is 573 g/mol. The fraction of sp³-hybridized carbons (Fsp3) is 0.444. The van der Waals surface area contributed by atoms with E-state index in [0.717, 1.165) is 39.1 Å². The third kappa shape index (κ3) is 5.45. The molecule has 2 fully saturated rings. The Bertz CT molecular complexity index is 1550. The van der Waals surface area contributed by atoms with Crippen LogP contribution in [0.1, 0.15) is 43.7 Å². The Morgan fingerprint density at radius 1 is 1.02 bits per heavy atom. The molecule has 4 aromatic rings. The molecule has 0 radical (unpaired) electrons. The quantitative estimate of drug-likeness (QED) is 0.308. The highest BCUT2D eigenvalue weighted by atomic mass is 32.2. The van der Waals surface area contributed by atoms with E-state index in [-0.39, 0.29) is 12.4 Å². The maximum absolute atomic E-state index is 14.0. The number of benzene rings is 1. The summed E-state index contributed by atoms with van der Waals surface area (Å²) in [5, 5.41) is 6.58. The number of hydrogen-bond donors (Lipinski definition) is 0. The number of hydrogen-bond acceptors (Lipinski definition) is 8. The molecule has 2 saturated heterocycles. The minimum absolute atomic E-state index is 0.0389. The van der Waals surface area contributed by atoms with Gasteiger partial charge in [0, 0.05) is 37.2 Å². The second-order valence-corrected chi connectivity index (χ2v) is 12.3. The third-order valence-electron chi connectivity index (χ3n) is 7.65. The van der Waals surface area contributed by atoms with Gasteiger partial charge in [0.05, 0.1) is 23.2 Å². The summed E-state index contributed by atoms with van der Waals surface area (Å²) in [4.78, 5) is 7.05. The molecule has 40 heavy (non-hydrogen) atoms. The maximum atomic E-state index is 14.0. The predicted octanol–water partition coefficient (Wildman–Crippen LogP) is 4.30. The predicted molar refractivity (Wildman–Crippen MR) is 143 cm³/mol. The molecule has 212 valence electrons. The number of alkyl halides is 2. The second kappa shape index (κ2) is 11.2. The molecule has 0 bridgehead atoms. The Balaban J connectivity index is 1.23. The van der Waals surface area contributed by atoms with Crippen molar-refractivity contribution < 1.29 is 26.4 Å². The van der Waals surface area contributed by atoms with Gasteiger partial charge in [-0.05, 0) is 63.0 Å². The first-order valence-electron chi connectivity index (χ1n) is 13.4. The first kappa shape index (κ1) is 26.8. The molecule has 0 unspecified atom stereocenters. The van der Waals surface area contributed by atoms with E-state index >= 15 is 0 Å². The lowest BCUT2D eigenvalue weighted by molar-refractivity contribution is 0.0277. The molecular weight excluding hydrogens is 542 g/mol. The normalized spacial score (nSPS) is 18.1. The van der Waals surface area contributed by atoms with Crippen molar-refractivity contribution >= 4 is 21.4 Å². The zero-order valence-corrected chi connectivity index (χ0v) is 22.6. The number of sulfonamides is 1. The summed E-state index contributed by atoms with van der Waals surface area (Å²) >= 11 is 0. The number of para-hydroxylation sites is 1. The van der Waals surface area contributed by atoms with Crippen molar-refractivity contribution in [2.24, 2.45) is 0 Å². The van der Waals surface area contributed by atoms with E-state index in [1.54, 1.807) is 41.1 Å². The molecule has 0 spiro atoms. The fourth-order valence-corrected chi connectivity index (χ4v) is 7.42. The number of nitrogens with zero attached hydrogens (tertiary/aromatic N) is 6. The third-order valence-corrected chi connectivity index (χ3v) is 9.91. The van der Waals surface area contributed by atoms with Gasteiger partial charge < -0.3 is 18.5 Å². The van der Waals surface area contributed by atoms with Crippen LogP contribution in [-0.2, 0) is 21.3 Å². The molecule has 2 aliphatic heterocycles. The van der Waals surface area contributed by atoms with E-state index in [0.29, 0.717) is 41.5 Å². The second-order valence-electron chi connectivity index (χ2n) is 10.1. The molecule has 10 nitrogen and oxygen atoms in total. The summed E-state index contributed by atoms with van der Waals surface area (Å²) in [5.41, 5.74) is 2.06. The summed E-state index contributed by atoms with van der Waals surface area (Å²) in [6.45, 7) is 3.07. The zero-order chi connectivity index (χ0) is 27.7. The highest BCUT2D eigenvalue weighted by Crippen LogP contribution is 2.30. The van der Waals surface area contributed by atoms with Gasteiger partial charge in [0.2, 0.25) is 15.9 Å². The van der Waals surface area contributed by atoms with Gasteiger partial charge in [-0.25, -0.2) is 13.4 Å². The Labute approximate surface area is 230 Å². The number of piperidine rings is 1. The summed E-state index contributed by atoms with van der Waals surface area (Å²) in [6, 6.07) is 12.8. The summed E-state index contributed by atoms with van der Waals surface area (Å²) in [7, 11) is -3.70. The van der Waals surface area contributed by atoms with Crippen molar-refractivity contribution in [3.63, 3.8) is 0 Å². The Hall–Kier alpha value is -3.42. The molecule has 0 amide bonds. The van der Waals surface area contributed by atoms with Crippen molar-refractivity contribution in [1.82, 2.24) is 24.5 Å². The largest absolute Gasteiger partial charge is 0.415 e. The van der Waals surface area contributed by atoms with Crippen LogP contribution in [0, 0.1) is 0 Å². The molecule has 0 N–H and O–H groups in total. The molecule has 3 aromatic heterocycles. The monoisotopic (exact) mass is 572 g/mol. The van der Waals surface area contributed by atoms with Crippen LogP contribution in [0.15, 0.2) is 59.3 Å². The van der Waals surface area contributed by atoms with Crippen LogP contribution < -0.4 is 4.31 Å². The minimum atomic E-state index is -3.70. The van der Waals surface area contributed by atoms with E-state index in [2.05, 4.69) is 20.1 Å². The highest BCUT2D eigenvalue weighted by Gasteiger charge is 2.37. The lowest BCUT2D eigenvalue weighted by Gasteiger charge is -2.40. The Morgan fingerprint density at radius 2 is 1.77 bits per heavy atom. The minimum Gasteiger partial charge on any atom is -0.415 e. The Kier molecular flexibility index (Phi) is 7.51. The Morgan fingerprint density at radius 3 is 2.48 bits per heavy atom. The van der Waals surface area contributed by atoms with E-state index in [1.807, 2.05) is 18.2 Å². The summed E-state index contributed by atoms with van der Waals surface area (Å²) in [6.07, 6.45) is 3.72. The maximum Gasteiger partial charge on any atom is 0.314 e. The number of fused-ring (bicyclic) bond motifs is 1. The zero-order valence-electron chi connectivity index (χ0n) is 21.8. The smallest absolute Gasteiger partial charge is 0.314 e. The first-order chi connectivity index (χ1) is 19.4. The summed E-state index contributed by atoms with van der Waals surface area (Å²) in [5.74, 6) is -0.788. The molecule has 0 atom stereocenters. The number of halogens is 2. The number of imidazole rings is 1. The molecular formula is C27H30F2N6O4S. The molecule has 2 aliphatic rings. The number of likely N-dealkylation sites (tertiary alicyclic amines) is 1. The van der Waals surface area contributed by atoms with Crippen LogP contribution in [0.3, 0.4) is 0 Å². The lowest BCUT2D eigenvalue weighted by Crippen LogP contribution is -2.49. The van der Waals surface area contributed by atoms with Crippen LogP contribution in [0.2, 0.25) is 0 Å². The van der Waals surface area contributed by atoms with E-state index in [4.69, 9.17) is 9.15 Å². The van der Waals surface area contributed by atoms with Crippen LogP contribution in [-0.4, -0.2) is 70.5 Å². The van der Waals surface area contributed by atoms with Crippen molar-refractivity contribution in [2.45, 2.75) is 49.9 Å². The molecule has 0 aliphatic carbocycles. The van der Waals surface area contributed by atoms with Crippen molar-refractivity contribution in [1.29, 1.82) is 0 Å². The van der Waals surface area contributed by atoms with Gasteiger partial charge in [-0.2, -0.15) is 8.78 Å². The van der Waals surface area contributed by atoms with Gasteiger partial charge in [0.25, 0.3) is 5.89 Å². The topological polar surface area (TPSA) is 106 Å². The molecule has 0 saturated carbocycles. The highest BCUT2D eigenvalue weighted by molar-refractivity contribution is 7.93. The molecule has 1 aromatic carbocycles. The standard InChI is InChI=1S/C27H30F2N6O4S/c28-25(29)27-32-31-26(39-27)19-6-11-34-17-20(30-24(34)16-19)18-35(22-4-2-1-3-5-22)40(36,37)23-7-12-33(13-8-23)21-9-14-38-15-10-21/h1-6,11,16-17,21,23,25H,7-10,12-15,18H2. The van der Waals surface area contributed by atoms with Crippen molar-refractivity contribution in [2.75, 3.05) is 30.6 Å². The van der Waals surface area contributed by atoms with Crippen molar-refractivity contribution in [3.8, 4) is 11.5 Å². The SMILES string of the molecule is O=S(=O)(C1CCN(C2CCOCC2)CC1)N(Cc1cn2ccc(-c3nnc(C(F)F)o3)cc2n1)c1ccccc1. The summed E-state index contributed by atoms with van der Waals surface area (Å²) < 4.78 is 67.6. The number of aromatic nitrogens is 4. The van der Waals surface area contributed by atoms with Crippen molar-refractivity contribution in [3.05, 3.63) is 66.4 Å². The van der Waals surface area contributed by atoms with Gasteiger partial charge >= 0.3 is 6.43 Å². The van der Waals surface area contributed by atoms with Gasteiger partial charge in [-0.3, -0.25) is 4.31 Å². The first-order valence-corrected chi connectivity index (χ1v) is 14.9. The number of ether oxygens (including phenoxy) is 1. The number of pyridine rings is 1. The number of anilines is 1. The molecule has 6 rings (SSSR count). The van der Waals surface area contributed by atoms with E-state index in [9.17, 15) is 17.2 Å². The van der Waals surface area contributed by atoms with E-state index in [1.165, 1.54) is 4.31 Å². The average Bonchev–Trinajstić information content (AvgIpc) is 3.64. The van der Waals surface area contributed by atoms with Crippen LogP contribution in [0.4, 0.5) is 14.5 Å². The molecule has 13 heteroatoms. The molecule has 5 heterocycles. The van der Waals surface area contributed by atoms with Gasteiger partial charge in [0.15, 0.2) is 0 Å².